The van der Waals surface area contributed by atoms with Crippen LogP contribution in [-0.4, -0.2) is 205 Å². The Morgan fingerprint density at radius 1 is 0.487 bits per heavy atom. The first-order valence-corrected chi connectivity index (χ1v) is 40.9. The second kappa shape index (κ2) is 38.2. The summed E-state index contributed by atoms with van der Waals surface area (Å²) in [6.45, 7) is 31.0. The Bertz CT molecular complexity index is 4830. The van der Waals surface area contributed by atoms with Crippen molar-refractivity contribution in [3.63, 3.8) is 0 Å². The largest absolute Gasteiger partial charge is 0.379 e. The van der Waals surface area contributed by atoms with Gasteiger partial charge in [0.05, 0.1) is 50.6 Å². The van der Waals surface area contributed by atoms with Crippen LogP contribution >= 0.6 is 34.8 Å². The molecule has 32 heteroatoms. The van der Waals surface area contributed by atoms with E-state index >= 15 is 4.39 Å². The zero-order chi connectivity index (χ0) is 81.0. The number of aromatic amines is 3. The lowest BCUT2D eigenvalue weighted by atomic mass is 9.84. The van der Waals surface area contributed by atoms with E-state index in [2.05, 4.69) is 159 Å². The van der Waals surface area contributed by atoms with Crippen molar-refractivity contribution in [2.75, 3.05) is 113 Å². The zero-order valence-electron chi connectivity index (χ0n) is 67.1. The Morgan fingerprint density at radius 3 is 1.34 bits per heavy atom. The number of piperidine rings is 4. The van der Waals surface area contributed by atoms with Crippen LogP contribution in [0, 0.1) is 61.2 Å². The first-order chi connectivity index (χ1) is 55.4. The Balaban J connectivity index is 0.000000150. The summed E-state index contributed by atoms with van der Waals surface area (Å²) >= 11 is 18.9. The van der Waals surface area contributed by atoms with Crippen LogP contribution in [-0.2, 0) is 27.2 Å². The third-order valence-electron chi connectivity index (χ3n) is 22.1. The van der Waals surface area contributed by atoms with Crippen LogP contribution in [0.5, 0.6) is 0 Å². The molecule has 0 spiro atoms. The Hall–Kier alpha value is -10.0. The summed E-state index contributed by atoms with van der Waals surface area (Å²) in [5, 5.41) is 38.6. The smallest absolute Gasteiger partial charge is 0.316 e. The van der Waals surface area contributed by atoms with Gasteiger partial charge in [-0.25, -0.2) is 29.3 Å². The summed E-state index contributed by atoms with van der Waals surface area (Å²) < 4.78 is 25.8. The van der Waals surface area contributed by atoms with Gasteiger partial charge in [0.1, 0.15) is 32.5 Å². The molecular weight excluding hydrogens is 1520 g/mol. The van der Waals surface area contributed by atoms with Crippen molar-refractivity contribution in [2.24, 2.45) is 0 Å². The van der Waals surface area contributed by atoms with Crippen molar-refractivity contribution < 1.29 is 28.0 Å². The maximum atomic E-state index is 15.2. The Labute approximate surface area is 685 Å². The fourth-order valence-electron chi connectivity index (χ4n) is 15.7. The quantitative estimate of drug-likeness (QED) is 0.0351. The van der Waals surface area contributed by atoms with Crippen LogP contribution in [0.2, 0.25) is 15.1 Å². The van der Waals surface area contributed by atoms with Gasteiger partial charge in [-0.3, -0.25) is 39.5 Å². The van der Waals surface area contributed by atoms with Gasteiger partial charge in [-0.2, -0.15) is 25.3 Å². The lowest BCUT2D eigenvalue weighted by Crippen LogP contribution is -2.46. The number of hydrogen-bond donors (Lipinski definition) is 7. The van der Waals surface area contributed by atoms with Crippen LogP contribution in [0.1, 0.15) is 196 Å². The highest BCUT2D eigenvalue weighted by Crippen LogP contribution is 2.38. The highest BCUT2D eigenvalue weighted by molar-refractivity contribution is 6.33. The van der Waals surface area contributed by atoms with Gasteiger partial charge in [0.2, 0.25) is 17.8 Å². The molecule has 7 N–H and O–H groups in total. The normalized spacial score (nSPS) is 16.1. The third kappa shape index (κ3) is 21.7. The molecule has 3 aromatic carbocycles. The lowest BCUT2D eigenvalue weighted by Gasteiger charge is -2.35. The summed E-state index contributed by atoms with van der Waals surface area (Å²) in [6.07, 6.45) is 15.1. The monoisotopic (exact) mass is 1630 g/mol. The minimum atomic E-state index is -0.419. The number of benzene rings is 3. The Morgan fingerprint density at radius 2 is 0.904 bits per heavy atom. The van der Waals surface area contributed by atoms with Gasteiger partial charge in [0, 0.05) is 106 Å². The van der Waals surface area contributed by atoms with Crippen LogP contribution in [0.3, 0.4) is 0 Å². The van der Waals surface area contributed by atoms with E-state index in [4.69, 9.17) is 44.1 Å². The molecule has 0 saturated carbocycles. The molecule has 0 bridgehead atoms. The summed E-state index contributed by atoms with van der Waals surface area (Å²) in [6, 6.07) is 18.1. The first kappa shape index (κ1) is 82.9. The molecule has 5 aliphatic rings. The van der Waals surface area contributed by atoms with E-state index in [0.717, 1.165) is 119 Å². The molecule has 115 heavy (non-hydrogen) atoms. The molecule has 7 aromatic heterocycles. The van der Waals surface area contributed by atoms with Gasteiger partial charge in [-0.1, -0.05) is 84.5 Å². The van der Waals surface area contributed by atoms with Crippen LogP contribution in [0.4, 0.5) is 50.9 Å². The fraction of sp³-hybridized carbons (Fsp3) is 0.470. The van der Waals surface area contributed by atoms with Gasteiger partial charge in [0.25, 0.3) is 0 Å². The molecule has 5 saturated heterocycles. The minimum absolute atomic E-state index is 0.0112. The van der Waals surface area contributed by atoms with Crippen molar-refractivity contribution >= 4 is 99.1 Å². The van der Waals surface area contributed by atoms with Gasteiger partial charge < -0.3 is 45.2 Å². The fourth-order valence-corrected chi connectivity index (χ4v) is 16.1. The highest BCUT2D eigenvalue weighted by Gasteiger charge is 2.32. The number of likely N-dealkylation sites (tertiary alicyclic amines) is 4. The predicted octanol–water partition coefficient (Wildman–Crippen LogP) is 15.1. The average molecular weight is 1630 g/mol. The SMILES string of the molecule is Cc1cc(Nc2nc(Cc3cc(C)c(C4CCN(C(=O)CN5CCCCC5)CC4)cc3C)ncc2Cl)n[nH]1.Cc1cc(Nc2nc(Cc3cc(C)c(C4CCN(C(=O)CN5CCOCC5)CC4)cc3C)ncc2Cl)n[nH]1.Cc1cc(Nc2nc(Nc3cc(C)c(C4CCN(C(=O)c5nc(C(C)C)no5)CC4)cc3F)ncc2Cl)n[nH]1. The second-order valence-corrected chi connectivity index (χ2v) is 32.4. The molecule has 28 nitrogen and oxygen atoms in total. The lowest BCUT2D eigenvalue weighted by molar-refractivity contribution is -0.135. The number of hydrogen-bond acceptors (Lipinski definition) is 22. The topological polar surface area (TPSA) is 327 Å². The summed E-state index contributed by atoms with van der Waals surface area (Å²) in [7, 11) is 0. The number of rotatable bonds is 21. The van der Waals surface area contributed by atoms with Crippen molar-refractivity contribution in [3.05, 3.63) is 190 Å². The van der Waals surface area contributed by atoms with Gasteiger partial charge >= 0.3 is 11.8 Å². The van der Waals surface area contributed by atoms with Crippen molar-refractivity contribution in [1.29, 1.82) is 0 Å². The molecule has 608 valence electrons. The molecule has 15 rings (SSSR count). The van der Waals surface area contributed by atoms with Crippen molar-refractivity contribution in [3.8, 4) is 0 Å². The number of nitrogens with zero attached hydrogens (tertiary/aromatic N) is 16. The standard InChI is InChI=1S/C29H38ClN7O.C28H36ClN7O2.C26H29ClFN9O2/c1-19-14-24(22-7-11-37(12-8-22)28(38)18-36-9-5-4-6-10-36)20(2)13-23(19)16-26-31-17-25(30)29(32-26)33-27-15-21(3)34-35-27;1-18-13-23(21-4-6-36(7-5-21)27(37)17-35-8-10-38-11-9-35)19(2)12-22(18)15-25-30-16-24(29)28(31-25)32-26-14-20(3)33-34-26;1-13(2)22-32-24(39-36-22)25(38)37-7-5-16(6-8-37)17-11-19(28)20(9-14(17)3)30-26-29-12-18(27)23(33-26)31-21-10-15(4)34-35-21/h13-15,17,22H,4-12,16,18H2,1-3H3,(H2,31,32,33,34,35);12-14,16,21H,4-11,15,17H2,1-3H3,(H2,30,31,32,33,34);9-13,16H,5-8H2,1-4H3,(H3,29,30,31,33,34,35). The molecular formula is C83H103Cl3FN23O5. The molecule has 0 aliphatic carbocycles. The van der Waals surface area contributed by atoms with E-state index in [1.54, 1.807) is 35.5 Å². The number of H-pyrrole nitrogens is 3. The van der Waals surface area contributed by atoms with E-state index in [1.807, 2.05) is 58.6 Å². The van der Waals surface area contributed by atoms with Crippen molar-refractivity contribution in [2.45, 2.75) is 164 Å². The third-order valence-corrected chi connectivity index (χ3v) is 23.0. The van der Waals surface area contributed by atoms with E-state index in [9.17, 15) is 14.4 Å². The molecule has 5 fully saturated rings. The number of aryl methyl sites for hydroxylation is 8. The second-order valence-electron chi connectivity index (χ2n) is 31.2. The van der Waals surface area contributed by atoms with Crippen LogP contribution in [0.25, 0.3) is 0 Å². The average Bonchev–Trinajstić information content (AvgIpc) is 0.898. The predicted molar refractivity (Wildman–Crippen MR) is 444 cm³/mol. The number of amides is 3. The molecule has 3 amide bonds. The van der Waals surface area contributed by atoms with E-state index in [-0.39, 0.29) is 41.2 Å². The maximum absolute atomic E-state index is 15.2. The molecule has 0 unspecified atom stereocenters. The van der Waals surface area contributed by atoms with Gasteiger partial charge in [-0.15, -0.1) is 0 Å². The van der Waals surface area contributed by atoms with Crippen LogP contribution in [0.15, 0.2) is 77.7 Å². The summed E-state index contributed by atoms with van der Waals surface area (Å²) in [5.74, 6) is 6.45. The van der Waals surface area contributed by atoms with Crippen LogP contribution < -0.4 is 21.3 Å². The number of ether oxygens (including phenoxy) is 1. The summed E-state index contributed by atoms with van der Waals surface area (Å²) in [5.41, 5.74) is 15.1. The number of nitrogens with one attached hydrogen (secondary N) is 7. The van der Waals surface area contributed by atoms with E-state index in [1.165, 1.54) is 70.0 Å². The number of carbonyl (C=O) groups excluding carboxylic acids is 3. The number of aromatic nitrogens is 14. The number of morpholine rings is 1. The molecule has 0 atom stereocenters. The van der Waals surface area contributed by atoms with E-state index in [0.29, 0.717) is 137 Å². The number of carbonyl (C=O) groups is 3. The minimum Gasteiger partial charge on any atom is -0.379 e. The van der Waals surface area contributed by atoms with Crippen molar-refractivity contribution in [1.82, 2.24) is 95.1 Å². The maximum Gasteiger partial charge on any atom is 0.316 e. The Kier molecular flexibility index (Phi) is 27.5. The molecule has 10 aromatic rings. The number of halogens is 4. The van der Waals surface area contributed by atoms with Gasteiger partial charge in [0.15, 0.2) is 40.7 Å². The summed E-state index contributed by atoms with van der Waals surface area (Å²) in [4.78, 5) is 79.9. The molecule has 5 aliphatic heterocycles. The molecule has 0 radical (unpaired) electrons. The highest BCUT2D eigenvalue weighted by atomic mass is 35.5. The number of anilines is 8. The van der Waals surface area contributed by atoms with Gasteiger partial charge in [-0.05, 0) is 205 Å². The molecule has 12 heterocycles. The zero-order valence-corrected chi connectivity index (χ0v) is 69.4. The first-order valence-electron chi connectivity index (χ1n) is 39.8. The van der Waals surface area contributed by atoms with E-state index < -0.39 is 5.82 Å².